The molecule has 2 heteroatoms. The van der Waals surface area contributed by atoms with Crippen LogP contribution in [-0.4, -0.2) is 11.6 Å². The zero-order valence-corrected chi connectivity index (χ0v) is 16.4. The van der Waals surface area contributed by atoms with Gasteiger partial charge in [-0.1, -0.05) is 80.6 Å². The van der Waals surface area contributed by atoms with Crippen molar-refractivity contribution in [3.8, 4) is 0 Å². The highest BCUT2D eigenvalue weighted by Gasteiger charge is 2.16. The van der Waals surface area contributed by atoms with Crippen LogP contribution in [0.2, 0.25) is 0 Å². The Balaban J connectivity index is 0.000000518. The number of hydrogen-bond donors (Lipinski definition) is 0. The lowest BCUT2D eigenvalue weighted by atomic mass is 10.0. The molecule has 28 heavy (non-hydrogen) atoms. The first kappa shape index (κ1) is 23.6. The van der Waals surface area contributed by atoms with Gasteiger partial charge < -0.3 is 0 Å². The zero-order chi connectivity index (χ0) is 19.5. The molecule has 0 fully saturated rings. The lowest BCUT2D eigenvalue weighted by molar-refractivity contribution is -0.118. The van der Waals surface area contributed by atoms with Crippen molar-refractivity contribution in [3.63, 3.8) is 0 Å². The van der Waals surface area contributed by atoms with Gasteiger partial charge in [-0.2, -0.15) is 0 Å². The molecular weight excluding hydrogens is 344 g/mol. The predicted octanol–water partition coefficient (Wildman–Crippen LogP) is 6.51. The molecule has 0 saturated heterocycles. The van der Waals surface area contributed by atoms with E-state index < -0.39 is 0 Å². The summed E-state index contributed by atoms with van der Waals surface area (Å²) >= 11 is 0. The van der Waals surface area contributed by atoms with E-state index >= 15 is 0 Å². The molecule has 0 N–H and O–H groups in total. The van der Waals surface area contributed by atoms with Gasteiger partial charge in [0.15, 0.2) is 5.78 Å². The maximum atomic E-state index is 11.4. The molecule has 151 valence electrons. The van der Waals surface area contributed by atoms with E-state index in [-0.39, 0.29) is 8.85 Å². The molecule has 1 aliphatic rings. The third-order valence-electron chi connectivity index (χ3n) is 4.57. The van der Waals surface area contributed by atoms with E-state index in [4.69, 9.17) is 0 Å². The minimum Gasteiger partial charge on any atom is -0.300 e. The van der Waals surface area contributed by atoms with Crippen molar-refractivity contribution in [2.75, 3.05) is 0 Å². The molecule has 1 aliphatic carbocycles. The summed E-state index contributed by atoms with van der Waals surface area (Å²) in [5, 5.41) is 0. The van der Waals surface area contributed by atoms with Crippen LogP contribution < -0.4 is 0 Å². The number of rotatable bonds is 9. The van der Waals surface area contributed by atoms with Crippen molar-refractivity contribution >= 4 is 11.6 Å². The molecular formula is C26H35O2. The van der Waals surface area contributed by atoms with Gasteiger partial charge in [-0.25, -0.2) is 0 Å². The summed E-state index contributed by atoms with van der Waals surface area (Å²) in [4.78, 5) is 22.3. The molecule has 2 nitrogen and oxygen atoms in total. The van der Waals surface area contributed by atoms with E-state index in [9.17, 15) is 9.59 Å². The SMILES string of the molecule is C.CCC(=O)CCc1ccccc1.Cc1ccc(CCCC(=O)C2=C[CH]2)cc1.[HH]. The molecule has 2 aromatic rings. The van der Waals surface area contributed by atoms with Crippen LogP contribution in [-0.2, 0) is 22.4 Å². The molecule has 2 aromatic carbocycles. The van der Waals surface area contributed by atoms with Crippen molar-refractivity contribution in [1.82, 2.24) is 0 Å². The summed E-state index contributed by atoms with van der Waals surface area (Å²) in [6.45, 7) is 4.00. The minimum atomic E-state index is 0. The summed E-state index contributed by atoms with van der Waals surface area (Å²) in [5.41, 5.74) is 4.77. The fourth-order valence-corrected chi connectivity index (χ4v) is 2.68. The van der Waals surface area contributed by atoms with Gasteiger partial charge in [0.05, 0.1) is 0 Å². The summed E-state index contributed by atoms with van der Waals surface area (Å²) < 4.78 is 0. The third kappa shape index (κ3) is 9.45. The van der Waals surface area contributed by atoms with Gasteiger partial charge in [0, 0.05) is 27.1 Å². The highest BCUT2D eigenvalue weighted by molar-refractivity contribution is 6.02. The first-order valence-electron chi connectivity index (χ1n) is 9.78. The Labute approximate surface area is 172 Å². The van der Waals surface area contributed by atoms with Gasteiger partial charge >= 0.3 is 0 Å². The Bertz CT molecular complexity index is 761. The molecule has 0 atom stereocenters. The molecule has 0 aliphatic heterocycles. The molecule has 0 spiro atoms. The molecule has 0 saturated carbocycles. The fraction of sp³-hybridized carbons (Fsp3) is 0.346. The van der Waals surface area contributed by atoms with Crippen molar-refractivity contribution < 1.29 is 11.0 Å². The topological polar surface area (TPSA) is 34.1 Å². The van der Waals surface area contributed by atoms with Crippen LogP contribution in [0.15, 0.2) is 66.2 Å². The maximum Gasteiger partial charge on any atom is 0.159 e. The second-order valence-electron chi connectivity index (χ2n) is 6.93. The fourth-order valence-electron chi connectivity index (χ4n) is 2.68. The number of carbonyl (C=O) groups excluding carboxylic acids is 2. The molecule has 0 bridgehead atoms. The predicted molar refractivity (Wildman–Crippen MR) is 120 cm³/mol. The average Bonchev–Trinajstić information content (AvgIpc) is 3.54. The Hall–Kier alpha value is -2.48. The van der Waals surface area contributed by atoms with Gasteiger partial charge in [-0.15, -0.1) is 0 Å². The highest BCUT2D eigenvalue weighted by Crippen LogP contribution is 2.20. The largest absolute Gasteiger partial charge is 0.300 e. The van der Waals surface area contributed by atoms with Gasteiger partial charge in [0.2, 0.25) is 0 Å². The van der Waals surface area contributed by atoms with E-state index in [2.05, 4.69) is 43.3 Å². The van der Waals surface area contributed by atoms with Crippen LogP contribution >= 0.6 is 0 Å². The lowest BCUT2D eigenvalue weighted by Crippen LogP contribution is -1.97. The molecule has 3 rings (SSSR count). The van der Waals surface area contributed by atoms with Crippen LogP contribution in [0.4, 0.5) is 0 Å². The number of Topliss-reactive ketones (excluding diaryl/α,β-unsaturated/α-hetero) is 2. The van der Waals surface area contributed by atoms with Gasteiger partial charge in [0.25, 0.3) is 0 Å². The van der Waals surface area contributed by atoms with E-state index in [1.165, 1.54) is 16.7 Å². The van der Waals surface area contributed by atoms with Crippen LogP contribution in [0, 0.1) is 13.3 Å². The van der Waals surface area contributed by atoms with Crippen molar-refractivity contribution in [1.29, 1.82) is 0 Å². The second kappa shape index (κ2) is 12.8. The van der Waals surface area contributed by atoms with Crippen LogP contribution in [0.3, 0.4) is 0 Å². The Morgan fingerprint density at radius 2 is 1.46 bits per heavy atom. The number of aryl methyl sites for hydroxylation is 3. The first-order valence-corrected chi connectivity index (χ1v) is 9.78. The summed E-state index contributed by atoms with van der Waals surface area (Å²) in [6, 6.07) is 18.6. The van der Waals surface area contributed by atoms with E-state index in [0.717, 1.165) is 24.8 Å². The van der Waals surface area contributed by atoms with E-state index in [1.807, 2.05) is 37.6 Å². The number of benzene rings is 2. The average molecular weight is 380 g/mol. The van der Waals surface area contributed by atoms with Crippen LogP contribution in [0.25, 0.3) is 0 Å². The quantitative estimate of drug-likeness (QED) is 0.497. The number of allylic oxidation sites excluding steroid dienone is 2. The van der Waals surface area contributed by atoms with Gasteiger partial charge in [-0.3, -0.25) is 9.59 Å². The van der Waals surface area contributed by atoms with Crippen LogP contribution in [0.5, 0.6) is 0 Å². The summed E-state index contributed by atoms with van der Waals surface area (Å²) in [5.74, 6) is 0.640. The maximum absolute atomic E-state index is 11.4. The lowest BCUT2D eigenvalue weighted by Gasteiger charge is -2.00. The minimum absolute atomic E-state index is 0. The van der Waals surface area contributed by atoms with E-state index in [1.54, 1.807) is 0 Å². The Morgan fingerprint density at radius 1 is 0.857 bits per heavy atom. The summed E-state index contributed by atoms with van der Waals surface area (Å²) in [7, 11) is 0. The smallest absolute Gasteiger partial charge is 0.159 e. The molecule has 0 aromatic heterocycles. The van der Waals surface area contributed by atoms with Crippen molar-refractivity contribution in [2.24, 2.45) is 0 Å². The van der Waals surface area contributed by atoms with Gasteiger partial charge in [-0.05, 0) is 42.9 Å². The second-order valence-corrected chi connectivity index (χ2v) is 6.93. The zero-order valence-electron chi connectivity index (χ0n) is 16.4. The number of hydrogen-bond acceptors (Lipinski definition) is 2. The number of carbonyl (C=O) groups is 2. The van der Waals surface area contributed by atoms with Gasteiger partial charge in [0.1, 0.15) is 5.78 Å². The third-order valence-corrected chi connectivity index (χ3v) is 4.57. The first-order chi connectivity index (χ1) is 13.1. The molecule has 1 radical (unpaired) electrons. The van der Waals surface area contributed by atoms with Crippen molar-refractivity contribution in [3.05, 3.63) is 89.4 Å². The van der Waals surface area contributed by atoms with Crippen molar-refractivity contribution in [2.45, 2.75) is 59.8 Å². The highest BCUT2D eigenvalue weighted by atomic mass is 16.1. The molecule has 0 unspecified atom stereocenters. The standard InChI is InChI=1S/C14H15O.C11H14O.CH4.H2/c1-11-5-7-12(8-6-11)3-2-4-14(15)13-9-10-13;1-2-11(12)9-8-10-6-4-3-5-7-10;;/h5-10H,2-4H2,1H3;3-7H,2,8-9H2,1H3;1H4;1H. The molecule has 0 heterocycles. The Kier molecular flexibility index (Phi) is 10.8. The monoisotopic (exact) mass is 379 g/mol. The van der Waals surface area contributed by atoms with Crippen LogP contribution in [0.1, 0.15) is 58.2 Å². The number of ketones is 2. The molecule has 0 amide bonds. The Morgan fingerprint density at radius 3 is 2.04 bits per heavy atom. The normalized spacial score (nSPS) is 11.4. The summed E-state index contributed by atoms with van der Waals surface area (Å²) in [6.07, 6.45) is 8.62. The van der Waals surface area contributed by atoms with E-state index in [0.29, 0.717) is 30.8 Å².